The quantitative estimate of drug-likeness (QED) is 0.667. The molecule has 1 atom stereocenters. The van der Waals surface area contributed by atoms with Crippen molar-refractivity contribution < 1.29 is 14.3 Å². The van der Waals surface area contributed by atoms with Gasteiger partial charge in [-0.05, 0) is 30.5 Å². The van der Waals surface area contributed by atoms with Crippen LogP contribution in [-0.4, -0.2) is 85.5 Å². The average molecular weight is 435 g/mol. The highest BCUT2D eigenvalue weighted by atomic mass is 35.5. The number of carbonyl (C=O) groups is 2. The van der Waals surface area contributed by atoms with Crippen molar-refractivity contribution in [1.82, 2.24) is 14.7 Å². The van der Waals surface area contributed by atoms with Gasteiger partial charge in [-0.3, -0.25) is 14.5 Å². The van der Waals surface area contributed by atoms with Crippen molar-refractivity contribution in [3.63, 3.8) is 0 Å². The van der Waals surface area contributed by atoms with Gasteiger partial charge in [-0.25, -0.2) is 0 Å². The van der Waals surface area contributed by atoms with Crippen LogP contribution in [0.15, 0.2) is 24.8 Å². The Morgan fingerprint density at radius 1 is 1.23 bits per heavy atom. The van der Waals surface area contributed by atoms with Crippen molar-refractivity contribution in [3.05, 3.63) is 35.4 Å². The third kappa shape index (κ3) is 5.08. The summed E-state index contributed by atoms with van der Waals surface area (Å²) in [6.45, 7) is 10.4. The zero-order valence-corrected chi connectivity index (χ0v) is 18.6. The Labute approximate surface area is 183 Å². The maximum absolute atomic E-state index is 12.7. The molecule has 164 valence electrons. The first-order valence-electron chi connectivity index (χ1n) is 10.5. The fourth-order valence-electron chi connectivity index (χ4n) is 4.17. The summed E-state index contributed by atoms with van der Waals surface area (Å²) in [6, 6.07) is 4.10. The van der Waals surface area contributed by atoms with E-state index in [1.807, 2.05) is 22.8 Å². The number of amides is 2. The highest BCUT2D eigenvalue weighted by Gasteiger charge is 2.32. The summed E-state index contributed by atoms with van der Waals surface area (Å²) in [4.78, 5) is 30.6. The lowest BCUT2D eigenvalue weighted by atomic mass is 10.1. The average Bonchev–Trinajstić information content (AvgIpc) is 3.27. The van der Waals surface area contributed by atoms with Gasteiger partial charge >= 0.3 is 0 Å². The van der Waals surface area contributed by atoms with E-state index in [9.17, 15) is 9.59 Å². The number of hydrogen-bond acceptors (Lipinski definition) is 5. The molecule has 8 heteroatoms. The van der Waals surface area contributed by atoms with Crippen molar-refractivity contribution in [2.45, 2.75) is 25.8 Å². The summed E-state index contributed by atoms with van der Waals surface area (Å²) in [5.41, 5.74) is 1.80. The van der Waals surface area contributed by atoms with Gasteiger partial charge in [0, 0.05) is 56.4 Å². The van der Waals surface area contributed by atoms with Gasteiger partial charge in [-0.2, -0.15) is 0 Å². The number of ether oxygens (including phenoxy) is 1. The summed E-state index contributed by atoms with van der Waals surface area (Å²) < 4.78 is 5.40. The Hall–Kier alpha value is -2.25. The molecule has 1 unspecified atom stereocenters. The van der Waals surface area contributed by atoms with E-state index >= 15 is 0 Å². The molecule has 0 aliphatic carbocycles. The summed E-state index contributed by atoms with van der Waals surface area (Å²) >= 11 is 6.25. The molecule has 1 N–H and O–H groups in total. The van der Waals surface area contributed by atoms with Crippen LogP contribution in [0.4, 0.5) is 5.69 Å². The highest BCUT2D eigenvalue weighted by molar-refractivity contribution is 6.31. The minimum atomic E-state index is 0.00115. The van der Waals surface area contributed by atoms with Crippen LogP contribution in [0, 0.1) is 0 Å². The molecule has 0 saturated carbocycles. The summed E-state index contributed by atoms with van der Waals surface area (Å²) in [5, 5.41) is 3.88. The topological polar surface area (TPSA) is 65.1 Å². The van der Waals surface area contributed by atoms with E-state index in [1.54, 1.807) is 13.2 Å². The molecule has 0 bridgehead atoms. The third-order valence-electron chi connectivity index (χ3n) is 6.01. The van der Waals surface area contributed by atoms with Crippen LogP contribution in [0.2, 0.25) is 5.02 Å². The number of hydrogen-bond donors (Lipinski definition) is 1. The first-order chi connectivity index (χ1) is 14.5. The van der Waals surface area contributed by atoms with Crippen LogP contribution in [-0.2, 0) is 16.0 Å². The Bertz CT molecular complexity index is 793. The zero-order chi connectivity index (χ0) is 21.7. The van der Waals surface area contributed by atoms with E-state index in [2.05, 4.69) is 16.8 Å². The molecule has 7 nitrogen and oxygen atoms in total. The molecule has 3 rings (SSSR count). The van der Waals surface area contributed by atoms with E-state index in [0.717, 1.165) is 50.3 Å². The summed E-state index contributed by atoms with van der Waals surface area (Å²) in [6.07, 6.45) is 3.17. The van der Waals surface area contributed by atoms with Crippen LogP contribution in [0.3, 0.4) is 0 Å². The summed E-state index contributed by atoms with van der Waals surface area (Å²) in [5.74, 6) is 0.704. The van der Waals surface area contributed by atoms with Gasteiger partial charge < -0.3 is 19.9 Å². The molecule has 2 aliphatic rings. The molecule has 2 heterocycles. The second kappa shape index (κ2) is 10.2. The number of methoxy groups -OCH3 is 1. The van der Waals surface area contributed by atoms with Gasteiger partial charge in [-0.1, -0.05) is 25.1 Å². The maximum Gasteiger partial charge on any atom is 0.246 e. The minimum Gasteiger partial charge on any atom is -0.495 e. The summed E-state index contributed by atoms with van der Waals surface area (Å²) in [7, 11) is 1.59. The first kappa shape index (κ1) is 22.4. The van der Waals surface area contributed by atoms with Gasteiger partial charge in [-0.15, -0.1) is 0 Å². The number of likely N-dealkylation sites (tertiary alicyclic amines) is 1. The number of halogens is 1. The monoisotopic (exact) mass is 434 g/mol. The second-order valence-electron chi connectivity index (χ2n) is 7.70. The first-order valence-corrected chi connectivity index (χ1v) is 10.9. The van der Waals surface area contributed by atoms with E-state index < -0.39 is 0 Å². The highest BCUT2D eigenvalue weighted by Crippen LogP contribution is 2.31. The number of aryl methyl sites for hydroxylation is 1. The Morgan fingerprint density at radius 2 is 1.97 bits per heavy atom. The molecule has 1 aromatic rings. The largest absolute Gasteiger partial charge is 0.495 e. The molecule has 2 aliphatic heterocycles. The van der Waals surface area contributed by atoms with Crippen LogP contribution in [0.1, 0.15) is 18.9 Å². The number of nitrogens with zero attached hydrogens (tertiary/aromatic N) is 3. The lowest BCUT2D eigenvalue weighted by Crippen LogP contribution is -2.53. The predicted molar refractivity (Wildman–Crippen MR) is 119 cm³/mol. The smallest absolute Gasteiger partial charge is 0.246 e. The number of anilines is 1. The zero-order valence-electron chi connectivity index (χ0n) is 17.8. The molecule has 2 fully saturated rings. The van der Waals surface area contributed by atoms with Gasteiger partial charge in [0.15, 0.2) is 0 Å². The van der Waals surface area contributed by atoms with Crippen LogP contribution in [0.5, 0.6) is 5.75 Å². The van der Waals surface area contributed by atoms with E-state index in [-0.39, 0.29) is 18.4 Å². The standard InChI is InChI=1S/C22H31ClN4O3/c1-4-16-12-19(20(30-3)13-18(16)23)24-14-22(29)26-10-8-25(9-11-26)17-6-7-27(15-17)21(28)5-2/h5,12-13,17,24H,2,4,6-11,14-15H2,1,3H3. The van der Waals surface area contributed by atoms with Crippen molar-refractivity contribution in [2.24, 2.45) is 0 Å². The predicted octanol–water partition coefficient (Wildman–Crippen LogP) is 2.25. The lowest BCUT2D eigenvalue weighted by Gasteiger charge is -2.38. The van der Waals surface area contributed by atoms with Crippen molar-refractivity contribution in [1.29, 1.82) is 0 Å². The fraction of sp³-hybridized carbons (Fsp3) is 0.545. The minimum absolute atomic E-state index is 0.00115. The maximum atomic E-state index is 12.7. The lowest BCUT2D eigenvalue weighted by molar-refractivity contribution is -0.131. The van der Waals surface area contributed by atoms with Gasteiger partial charge in [0.25, 0.3) is 0 Å². The molecule has 0 spiro atoms. The number of piperazine rings is 1. The molecule has 1 aromatic carbocycles. The van der Waals surface area contributed by atoms with Crippen LogP contribution < -0.4 is 10.1 Å². The Kier molecular flexibility index (Phi) is 7.61. The Balaban J connectivity index is 1.49. The van der Waals surface area contributed by atoms with Gasteiger partial charge in [0.1, 0.15) is 5.75 Å². The molecule has 0 aromatic heterocycles. The van der Waals surface area contributed by atoms with Gasteiger partial charge in [0.2, 0.25) is 11.8 Å². The molecule has 30 heavy (non-hydrogen) atoms. The second-order valence-corrected chi connectivity index (χ2v) is 8.11. The van der Waals surface area contributed by atoms with Crippen LogP contribution >= 0.6 is 11.6 Å². The number of benzene rings is 1. The van der Waals surface area contributed by atoms with Crippen molar-refractivity contribution in [2.75, 3.05) is 58.2 Å². The number of rotatable bonds is 7. The fourth-order valence-corrected chi connectivity index (χ4v) is 4.45. The van der Waals surface area contributed by atoms with Crippen molar-refractivity contribution in [3.8, 4) is 5.75 Å². The van der Waals surface area contributed by atoms with Crippen LogP contribution in [0.25, 0.3) is 0 Å². The molecule has 2 amide bonds. The SMILES string of the molecule is C=CC(=O)N1CCC(N2CCN(C(=O)CNc3cc(CC)c(Cl)cc3OC)CC2)C1. The van der Waals surface area contributed by atoms with E-state index in [0.29, 0.717) is 29.9 Å². The molecule has 0 radical (unpaired) electrons. The van der Waals surface area contributed by atoms with E-state index in [1.165, 1.54) is 6.08 Å². The molecular weight excluding hydrogens is 404 g/mol. The van der Waals surface area contributed by atoms with Gasteiger partial charge in [0.05, 0.1) is 19.3 Å². The number of nitrogens with one attached hydrogen (secondary N) is 1. The Morgan fingerprint density at radius 3 is 2.60 bits per heavy atom. The number of carbonyl (C=O) groups excluding carboxylic acids is 2. The van der Waals surface area contributed by atoms with E-state index in [4.69, 9.17) is 16.3 Å². The molecular formula is C22H31ClN4O3. The normalized spacial score (nSPS) is 19.6. The van der Waals surface area contributed by atoms with Crippen molar-refractivity contribution >= 4 is 29.1 Å². The molecule has 2 saturated heterocycles. The third-order valence-corrected chi connectivity index (χ3v) is 6.36.